The Hall–Kier alpha value is -2.63. The lowest BCUT2D eigenvalue weighted by atomic mass is 9.80. The molecule has 4 rings (SSSR count). The van der Waals surface area contributed by atoms with Gasteiger partial charge in [-0.25, -0.2) is 0 Å². The second-order valence-electron chi connectivity index (χ2n) is 10.4. The van der Waals surface area contributed by atoms with Crippen LogP contribution in [-0.4, -0.2) is 55.2 Å². The van der Waals surface area contributed by atoms with E-state index in [2.05, 4.69) is 53.8 Å². The average Bonchev–Trinajstić information content (AvgIpc) is 2.90. The van der Waals surface area contributed by atoms with E-state index in [0.29, 0.717) is 5.02 Å². The number of benzene rings is 2. The number of nitrogens with zero attached hydrogens (tertiary/aromatic N) is 2. The molecular formula is C30H41ClN4O. The van der Waals surface area contributed by atoms with Crippen LogP contribution in [0.3, 0.4) is 0 Å². The molecule has 2 aromatic carbocycles. The fourth-order valence-electron chi connectivity index (χ4n) is 5.34. The molecule has 0 bridgehead atoms. The van der Waals surface area contributed by atoms with Gasteiger partial charge in [-0.3, -0.25) is 0 Å². The van der Waals surface area contributed by atoms with Gasteiger partial charge in [-0.1, -0.05) is 62.2 Å². The van der Waals surface area contributed by atoms with E-state index in [0.717, 1.165) is 61.0 Å². The van der Waals surface area contributed by atoms with Crippen LogP contribution in [0.1, 0.15) is 50.5 Å². The van der Waals surface area contributed by atoms with E-state index < -0.39 is 0 Å². The van der Waals surface area contributed by atoms with Crippen LogP contribution in [0.25, 0.3) is 5.70 Å². The van der Waals surface area contributed by atoms with Crippen molar-refractivity contribution in [2.24, 2.45) is 0 Å². The molecule has 2 fully saturated rings. The Labute approximate surface area is 222 Å². The molecule has 0 atom stereocenters. The number of rotatable bonds is 10. The molecule has 1 saturated carbocycles. The zero-order valence-electron chi connectivity index (χ0n) is 21.9. The second-order valence-corrected chi connectivity index (χ2v) is 10.8. The normalized spacial score (nSPS) is 18.1. The lowest BCUT2D eigenvalue weighted by Gasteiger charge is -2.43. The SMILES string of the molecule is C=C(NCC1(N(C)C)CCCCC1)c1ccc(OC2CCN(C(=C)Nc3ccccc3)CC2)c(Cl)c1. The van der Waals surface area contributed by atoms with Crippen LogP contribution in [0, 0.1) is 0 Å². The third-order valence-electron chi connectivity index (χ3n) is 7.82. The first-order valence-corrected chi connectivity index (χ1v) is 13.6. The van der Waals surface area contributed by atoms with E-state index in [4.69, 9.17) is 16.3 Å². The smallest absolute Gasteiger partial charge is 0.138 e. The number of likely N-dealkylation sites (N-methyl/N-ethyl adjacent to an activating group) is 1. The van der Waals surface area contributed by atoms with E-state index in [9.17, 15) is 0 Å². The predicted molar refractivity (Wildman–Crippen MR) is 152 cm³/mol. The molecule has 6 heteroatoms. The van der Waals surface area contributed by atoms with Crippen molar-refractivity contribution in [2.45, 2.75) is 56.6 Å². The summed E-state index contributed by atoms with van der Waals surface area (Å²) in [5, 5.41) is 7.62. The summed E-state index contributed by atoms with van der Waals surface area (Å²) in [5.41, 5.74) is 3.17. The van der Waals surface area contributed by atoms with Gasteiger partial charge in [-0.05, 0) is 62.8 Å². The van der Waals surface area contributed by atoms with Gasteiger partial charge in [0.2, 0.25) is 0 Å². The summed E-state index contributed by atoms with van der Waals surface area (Å²) < 4.78 is 6.30. The van der Waals surface area contributed by atoms with Gasteiger partial charge in [0.25, 0.3) is 0 Å². The monoisotopic (exact) mass is 508 g/mol. The standard InChI is InChI=1S/C30H41ClN4O/c1-23(32-22-30(34(3)4)17-9-6-10-18-30)25-13-14-29(28(31)21-25)36-27-15-19-35(20-16-27)24(2)33-26-11-7-5-8-12-26/h5,7-8,11-14,21,27,32-33H,1-2,6,9-10,15-20,22H2,3-4H3. The summed E-state index contributed by atoms with van der Waals surface area (Å²) in [6.07, 6.45) is 8.36. The van der Waals surface area contributed by atoms with Gasteiger partial charge in [-0.15, -0.1) is 0 Å². The Morgan fingerprint density at radius 3 is 2.39 bits per heavy atom. The minimum absolute atomic E-state index is 0.140. The van der Waals surface area contributed by atoms with Crippen LogP contribution in [0.4, 0.5) is 5.69 Å². The number of para-hydroxylation sites is 1. The Bertz CT molecular complexity index is 1020. The quantitative estimate of drug-likeness (QED) is 0.378. The lowest BCUT2D eigenvalue weighted by Crippen LogP contribution is -2.52. The summed E-state index contributed by atoms with van der Waals surface area (Å²) in [6.45, 7) is 11.2. The molecule has 0 spiro atoms. The zero-order valence-corrected chi connectivity index (χ0v) is 22.6. The first-order chi connectivity index (χ1) is 17.4. The van der Waals surface area contributed by atoms with Gasteiger partial charge in [0.1, 0.15) is 11.9 Å². The molecule has 2 N–H and O–H groups in total. The van der Waals surface area contributed by atoms with Crippen molar-refractivity contribution in [3.05, 3.63) is 78.1 Å². The van der Waals surface area contributed by atoms with Gasteiger partial charge < -0.3 is 25.2 Å². The van der Waals surface area contributed by atoms with Gasteiger partial charge in [-0.2, -0.15) is 0 Å². The van der Waals surface area contributed by atoms with Crippen molar-refractivity contribution >= 4 is 23.0 Å². The van der Waals surface area contributed by atoms with E-state index in [1.54, 1.807) is 0 Å². The van der Waals surface area contributed by atoms with Crippen molar-refractivity contribution in [3.8, 4) is 5.75 Å². The molecule has 1 saturated heterocycles. The first kappa shape index (κ1) is 26.4. The Morgan fingerprint density at radius 2 is 1.75 bits per heavy atom. The molecule has 5 nitrogen and oxygen atoms in total. The topological polar surface area (TPSA) is 39.8 Å². The highest BCUT2D eigenvalue weighted by molar-refractivity contribution is 6.32. The van der Waals surface area contributed by atoms with Crippen LogP contribution in [0.5, 0.6) is 5.75 Å². The maximum absolute atomic E-state index is 6.65. The van der Waals surface area contributed by atoms with Gasteiger partial charge in [0, 0.05) is 49.4 Å². The highest BCUT2D eigenvalue weighted by atomic mass is 35.5. The maximum Gasteiger partial charge on any atom is 0.138 e. The second kappa shape index (κ2) is 12.1. The van der Waals surface area contributed by atoms with Crippen molar-refractivity contribution in [1.82, 2.24) is 15.1 Å². The van der Waals surface area contributed by atoms with E-state index in [1.165, 1.54) is 32.1 Å². The van der Waals surface area contributed by atoms with Gasteiger partial charge in [0.15, 0.2) is 0 Å². The highest BCUT2D eigenvalue weighted by Crippen LogP contribution is 2.33. The number of nitrogens with one attached hydrogen (secondary N) is 2. The number of ether oxygens (including phenoxy) is 1. The van der Waals surface area contributed by atoms with Crippen LogP contribution in [-0.2, 0) is 0 Å². The highest BCUT2D eigenvalue weighted by Gasteiger charge is 2.34. The fraction of sp³-hybridized carbons (Fsp3) is 0.467. The number of anilines is 1. The molecule has 2 aromatic rings. The molecule has 0 unspecified atom stereocenters. The zero-order chi connectivity index (χ0) is 25.5. The summed E-state index contributed by atoms with van der Waals surface area (Å²) in [5.74, 6) is 1.67. The third-order valence-corrected chi connectivity index (χ3v) is 8.12. The number of hydrogen-bond acceptors (Lipinski definition) is 5. The predicted octanol–water partition coefficient (Wildman–Crippen LogP) is 6.59. The molecule has 194 valence electrons. The summed E-state index contributed by atoms with van der Waals surface area (Å²) >= 11 is 6.65. The Morgan fingerprint density at radius 1 is 1.06 bits per heavy atom. The largest absolute Gasteiger partial charge is 0.489 e. The minimum atomic E-state index is 0.140. The lowest BCUT2D eigenvalue weighted by molar-refractivity contribution is 0.103. The molecule has 0 radical (unpaired) electrons. The molecular weight excluding hydrogens is 468 g/mol. The summed E-state index contributed by atoms with van der Waals surface area (Å²) in [4.78, 5) is 4.66. The van der Waals surface area contributed by atoms with Crippen LogP contribution >= 0.6 is 11.6 Å². The molecule has 36 heavy (non-hydrogen) atoms. The van der Waals surface area contributed by atoms with Crippen LogP contribution in [0.15, 0.2) is 67.5 Å². The Kier molecular flexibility index (Phi) is 8.86. The molecule has 0 amide bonds. The van der Waals surface area contributed by atoms with Crippen LogP contribution < -0.4 is 15.4 Å². The first-order valence-electron chi connectivity index (χ1n) is 13.2. The maximum atomic E-state index is 6.65. The number of halogens is 1. The summed E-state index contributed by atoms with van der Waals surface area (Å²) in [7, 11) is 4.39. The van der Waals surface area contributed by atoms with E-state index in [1.807, 2.05) is 42.5 Å². The number of piperidine rings is 1. The van der Waals surface area contributed by atoms with Crippen molar-refractivity contribution in [1.29, 1.82) is 0 Å². The number of hydrogen-bond donors (Lipinski definition) is 2. The molecule has 1 aliphatic heterocycles. The minimum Gasteiger partial charge on any atom is -0.489 e. The van der Waals surface area contributed by atoms with E-state index >= 15 is 0 Å². The van der Waals surface area contributed by atoms with Crippen molar-refractivity contribution in [3.63, 3.8) is 0 Å². The molecule has 1 heterocycles. The van der Waals surface area contributed by atoms with Gasteiger partial charge >= 0.3 is 0 Å². The third kappa shape index (κ3) is 6.57. The fourth-order valence-corrected chi connectivity index (χ4v) is 5.56. The average molecular weight is 509 g/mol. The molecule has 2 aliphatic rings. The Balaban J connectivity index is 1.27. The van der Waals surface area contributed by atoms with Crippen molar-refractivity contribution in [2.75, 3.05) is 39.0 Å². The summed E-state index contributed by atoms with van der Waals surface area (Å²) in [6, 6.07) is 16.2. The molecule has 0 aromatic heterocycles. The molecule has 1 aliphatic carbocycles. The van der Waals surface area contributed by atoms with Gasteiger partial charge in [0.05, 0.1) is 10.8 Å². The van der Waals surface area contributed by atoms with Crippen molar-refractivity contribution < 1.29 is 4.74 Å². The number of likely N-dealkylation sites (tertiary alicyclic amines) is 1. The van der Waals surface area contributed by atoms with Crippen LogP contribution in [0.2, 0.25) is 5.02 Å². The van der Waals surface area contributed by atoms with E-state index in [-0.39, 0.29) is 11.6 Å².